The topological polar surface area (TPSA) is 83.5 Å². The van der Waals surface area contributed by atoms with Crippen LogP contribution in [0.4, 0.5) is 0 Å². The van der Waals surface area contributed by atoms with Gasteiger partial charge in [-0.25, -0.2) is 4.79 Å². The van der Waals surface area contributed by atoms with Gasteiger partial charge in [0.15, 0.2) is 0 Å². The van der Waals surface area contributed by atoms with Gasteiger partial charge < -0.3 is 10.4 Å². The number of carboxylic acids is 1. The monoisotopic (exact) mass is 347 g/mol. The van der Waals surface area contributed by atoms with Crippen LogP contribution in [0.1, 0.15) is 65.2 Å². The molecule has 0 spiro atoms. The maximum Gasteiger partial charge on any atom is 0.372 e. The SMILES string of the molecule is C[C@]12CCC3C(CC[C@H]4NC(=O)CC[C@]34C)C1CC[C@@H]2C(=O)C(=O)O. The molecule has 5 heteroatoms. The lowest BCUT2D eigenvalue weighted by Crippen LogP contribution is -2.61. The summed E-state index contributed by atoms with van der Waals surface area (Å²) < 4.78 is 0. The van der Waals surface area contributed by atoms with Crippen molar-refractivity contribution in [2.45, 2.75) is 71.3 Å². The first kappa shape index (κ1) is 17.0. The van der Waals surface area contributed by atoms with Gasteiger partial charge in [-0.05, 0) is 73.5 Å². The van der Waals surface area contributed by atoms with Crippen molar-refractivity contribution in [2.24, 2.45) is 34.5 Å². The minimum Gasteiger partial charge on any atom is -0.475 e. The van der Waals surface area contributed by atoms with E-state index in [1.54, 1.807) is 0 Å². The predicted octanol–water partition coefficient (Wildman–Crippen LogP) is 2.78. The van der Waals surface area contributed by atoms with Gasteiger partial charge in [0.2, 0.25) is 11.7 Å². The number of aliphatic carboxylic acids is 1. The van der Waals surface area contributed by atoms with Gasteiger partial charge in [0, 0.05) is 18.4 Å². The van der Waals surface area contributed by atoms with E-state index in [9.17, 15) is 19.5 Å². The normalized spacial score (nSPS) is 48.7. The molecule has 7 atom stereocenters. The van der Waals surface area contributed by atoms with E-state index in [1.807, 2.05) is 0 Å². The van der Waals surface area contributed by atoms with Crippen molar-refractivity contribution in [2.75, 3.05) is 0 Å². The predicted molar refractivity (Wildman–Crippen MR) is 91.7 cm³/mol. The zero-order valence-corrected chi connectivity index (χ0v) is 15.2. The quantitative estimate of drug-likeness (QED) is 0.753. The minimum absolute atomic E-state index is 0.155. The van der Waals surface area contributed by atoms with Crippen LogP contribution in [-0.4, -0.2) is 28.8 Å². The third-order valence-corrected chi connectivity index (χ3v) is 8.62. The van der Waals surface area contributed by atoms with Crippen molar-refractivity contribution in [3.63, 3.8) is 0 Å². The standard InChI is InChI=1S/C20H29NO4/c1-19-9-7-13-11(12(19)4-5-14(19)17(23)18(24)25)3-6-15-20(13,2)10-8-16(22)21-15/h11-15H,3-10H2,1-2H3,(H,21,22)(H,24,25)/t11?,12?,13?,14-,15-,19+,20-/m1/s1. The van der Waals surface area contributed by atoms with E-state index in [0.717, 1.165) is 44.9 Å². The molecule has 25 heavy (non-hydrogen) atoms. The third kappa shape index (κ3) is 2.30. The molecule has 3 aliphatic carbocycles. The summed E-state index contributed by atoms with van der Waals surface area (Å²) in [5.41, 5.74) is 0.00476. The Morgan fingerprint density at radius 3 is 2.44 bits per heavy atom. The van der Waals surface area contributed by atoms with Gasteiger partial charge in [0.05, 0.1) is 0 Å². The van der Waals surface area contributed by atoms with Crippen LogP contribution >= 0.6 is 0 Å². The van der Waals surface area contributed by atoms with Gasteiger partial charge in [0.1, 0.15) is 0 Å². The summed E-state index contributed by atoms with van der Waals surface area (Å²) in [6.45, 7) is 4.52. The maximum absolute atomic E-state index is 12.2. The summed E-state index contributed by atoms with van der Waals surface area (Å²) in [4.78, 5) is 35.3. The van der Waals surface area contributed by atoms with Gasteiger partial charge in [-0.1, -0.05) is 13.8 Å². The molecule has 2 N–H and O–H groups in total. The number of ketones is 1. The minimum atomic E-state index is -1.26. The van der Waals surface area contributed by atoms with Crippen molar-refractivity contribution in [1.82, 2.24) is 5.32 Å². The van der Waals surface area contributed by atoms with E-state index in [1.165, 1.54) is 0 Å². The van der Waals surface area contributed by atoms with Crippen molar-refractivity contribution in [3.05, 3.63) is 0 Å². The van der Waals surface area contributed by atoms with E-state index in [0.29, 0.717) is 24.2 Å². The highest BCUT2D eigenvalue weighted by atomic mass is 16.4. The molecule has 3 unspecified atom stereocenters. The van der Waals surface area contributed by atoms with Gasteiger partial charge in [-0.15, -0.1) is 0 Å². The van der Waals surface area contributed by atoms with Crippen molar-refractivity contribution in [1.29, 1.82) is 0 Å². The van der Waals surface area contributed by atoms with Gasteiger partial charge in [-0.3, -0.25) is 9.59 Å². The molecule has 4 fully saturated rings. The fraction of sp³-hybridized carbons (Fsp3) is 0.850. The number of nitrogens with one attached hydrogen (secondary N) is 1. The van der Waals surface area contributed by atoms with Crippen LogP contribution in [0.5, 0.6) is 0 Å². The molecule has 0 aromatic rings. The summed E-state index contributed by atoms with van der Waals surface area (Å²) >= 11 is 0. The van der Waals surface area contributed by atoms with Gasteiger partial charge in [-0.2, -0.15) is 0 Å². The number of fused-ring (bicyclic) bond motifs is 5. The number of amides is 1. The second kappa shape index (κ2) is 5.55. The Kier molecular flexibility index (Phi) is 3.79. The summed E-state index contributed by atoms with van der Waals surface area (Å²) in [6, 6.07) is 0.289. The van der Waals surface area contributed by atoms with Gasteiger partial charge >= 0.3 is 5.97 Å². The zero-order valence-electron chi connectivity index (χ0n) is 15.2. The molecular formula is C20H29NO4. The number of carbonyl (C=O) groups excluding carboxylic acids is 2. The van der Waals surface area contributed by atoms with Crippen LogP contribution < -0.4 is 5.32 Å². The highest BCUT2D eigenvalue weighted by Gasteiger charge is 2.61. The van der Waals surface area contributed by atoms with Crippen LogP contribution in [0.2, 0.25) is 0 Å². The molecule has 1 heterocycles. The molecule has 1 aliphatic heterocycles. The number of carbonyl (C=O) groups is 3. The number of rotatable bonds is 2. The lowest BCUT2D eigenvalue weighted by atomic mass is 9.47. The highest BCUT2D eigenvalue weighted by Crippen LogP contribution is 2.65. The number of piperidine rings is 1. The van der Waals surface area contributed by atoms with Crippen molar-refractivity contribution in [3.8, 4) is 0 Å². The lowest BCUT2D eigenvalue weighted by Gasteiger charge is -2.60. The number of carboxylic acid groups (broad SMARTS) is 1. The molecule has 4 aliphatic rings. The fourth-order valence-corrected chi connectivity index (χ4v) is 7.28. The fourth-order valence-electron chi connectivity index (χ4n) is 7.28. The lowest BCUT2D eigenvalue weighted by molar-refractivity contribution is -0.155. The molecule has 0 radical (unpaired) electrons. The molecule has 5 nitrogen and oxygen atoms in total. The summed E-state index contributed by atoms with van der Waals surface area (Å²) in [5, 5.41) is 12.4. The Morgan fingerprint density at radius 2 is 1.72 bits per heavy atom. The van der Waals surface area contributed by atoms with E-state index >= 15 is 0 Å². The first-order valence-corrected chi connectivity index (χ1v) is 9.84. The van der Waals surface area contributed by atoms with Crippen LogP contribution in [0.25, 0.3) is 0 Å². The maximum atomic E-state index is 12.2. The first-order chi connectivity index (χ1) is 11.8. The second-order valence-electron chi connectivity index (χ2n) is 9.42. The molecule has 0 aromatic heterocycles. The Bertz CT molecular complexity index is 631. The highest BCUT2D eigenvalue weighted by molar-refractivity contribution is 6.33. The van der Waals surface area contributed by atoms with Crippen LogP contribution in [0.15, 0.2) is 0 Å². The van der Waals surface area contributed by atoms with Crippen LogP contribution in [0, 0.1) is 34.5 Å². The molecule has 138 valence electrons. The summed E-state index contributed by atoms with van der Waals surface area (Å²) in [5.74, 6) is -0.352. The molecule has 4 rings (SSSR count). The largest absolute Gasteiger partial charge is 0.475 e. The van der Waals surface area contributed by atoms with E-state index in [-0.39, 0.29) is 28.7 Å². The average molecular weight is 347 g/mol. The molecule has 1 saturated heterocycles. The summed E-state index contributed by atoms with van der Waals surface area (Å²) in [7, 11) is 0. The third-order valence-electron chi connectivity index (χ3n) is 8.62. The van der Waals surface area contributed by atoms with E-state index < -0.39 is 11.8 Å². The Labute approximate surface area is 148 Å². The number of Topliss-reactive ketones (excluding diaryl/α,β-unsaturated/α-hetero) is 1. The Hall–Kier alpha value is -1.39. The second-order valence-corrected chi connectivity index (χ2v) is 9.42. The average Bonchev–Trinajstić information content (AvgIpc) is 2.92. The molecule has 0 bridgehead atoms. The summed E-state index contributed by atoms with van der Waals surface area (Å²) in [6.07, 6.45) is 7.42. The van der Waals surface area contributed by atoms with Crippen molar-refractivity contribution < 1.29 is 19.5 Å². The number of hydrogen-bond acceptors (Lipinski definition) is 3. The molecule has 1 amide bonds. The number of hydrogen-bond donors (Lipinski definition) is 2. The molecular weight excluding hydrogens is 318 g/mol. The zero-order chi connectivity index (χ0) is 18.0. The van der Waals surface area contributed by atoms with Crippen LogP contribution in [-0.2, 0) is 14.4 Å². The smallest absolute Gasteiger partial charge is 0.372 e. The Morgan fingerprint density at radius 1 is 1.00 bits per heavy atom. The van der Waals surface area contributed by atoms with Crippen molar-refractivity contribution >= 4 is 17.7 Å². The van der Waals surface area contributed by atoms with Crippen LogP contribution in [0.3, 0.4) is 0 Å². The van der Waals surface area contributed by atoms with E-state index in [2.05, 4.69) is 19.2 Å². The molecule has 0 aromatic carbocycles. The Balaban J connectivity index is 1.61. The molecule has 3 saturated carbocycles. The first-order valence-electron chi connectivity index (χ1n) is 9.84. The van der Waals surface area contributed by atoms with E-state index in [4.69, 9.17) is 0 Å². The van der Waals surface area contributed by atoms with Gasteiger partial charge in [0.25, 0.3) is 0 Å².